The second-order valence-corrected chi connectivity index (χ2v) is 6.10. The Morgan fingerprint density at radius 1 is 1.07 bits per heavy atom. The molecule has 0 spiro atoms. The summed E-state index contributed by atoms with van der Waals surface area (Å²) in [5.41, 5.74) is 3.43. The van der Waals surface area contributed by atoms with Gasteiger partial charge in [0.1, 0.15) is 11.3 Å². The van der Waals surface area contributed by atoms with Gasteiger partial charge in [-0.2, -0.15) is 5.10 Å². The second-order valence-electron chi connectivity index (χ2n) is 6.10. The van der Waals surface area contributed by atoms with Gasteiger partial charge in [0.05, 0.1) is 29.9 Å². The van der Waals surface area contributed by atoms with Crippen molar-refractivity contribution >= 4 is 44.3 Å². The van der Waals surface area contributed by atoms with Gasteiger partial charge in [-0.3, -0.25) is 9.89 Å². The van der Waals surface area contributed by atoms with Crippen LogP contribution in [0.2, 0.25) is 0 Å². The molecule has 0 amide bonds. The van der Waals surface area contributed by atoms with Crippen LogP contribution in [-0.2, 0) is 0 Å². The molecular weight excluding hydrogens is 344 g/mol. The molecular formula is C19H14N6O2. The maximum absolute atomic E-state index is 11.5. The first-order valence-electron chi connectivity index (χ1n) is 8.28. The Morgan fingerprint density at radius 2 is 1.96 bits per heavy atom. The first-order chi connectivity index (χ1) is 13.2. The number of benzene rings is 2. The van der Waals surface area contributed by atoms with E-state index >= 15 is 0 Å². The zero-order valence-electron chi connectivity index (χ0n) is 14.3. The van der Waals surface area contributed by atoms with Crippen LogP contribution in [0.1, 0.15) is 0 Å². The van der Waals surface area contributed by atoms with E-state index in [0.29, 0.717) is 16.9 Å². The second kappa shape index (κ2) is 5.80. The fraction of sp³-hybridized carbons (Fsp3) is 0.0526. The van der Waals surface area contributed by atoms with Gasteiger partial charge in [0.25, 0.3) is 5.56 Å². The molecule has 0 atom stereocenters. The predicted octanol–water partition coefficient (Wildman–Crippen LogP) is 3.10. The third-order valence-corrected chi connectivity index (χ3v) is 4.43. The Balaban J connectivity index is 1.66. The molecule has 0 saturated carbocycles. The van der Waals surface area contributed by atoms with Crippen molar-refractivity contribution < 1.29 is 4.74 Å². The Bertz CT molecular complexity index is 1370. The summed E-state index contributed by atoms with van der Waals surface area (Å²) >= 11 is 0. The highest BCUT2D eigenvalue weighted by molar-refractivity contribution is 6.09. The summed E-state index contributed by atoms with van der Waals surface area (Å²) < 4.78 is 5.32. The molecule has 0 radical (unpaired) electrons. The number of hydrogen-bond donors (Lipinski definition) is 3. The van der Waals surface area contributed by atoms with Gasteiger partial charge in [-0.1, -0.05) is 0 Å². The SMILES string of the molecule is COc1ccc2nc(Nc3ccc4ncc(=O)[nH]c4c3)c3n[nH]cc3c2c1. The largest absolute Gasteiger partial charge is 0.497 e. The Labute approximate surface area is 152 Å². The molecule has 0 aliphatic heterocycles. The van der Waals surface area contributed by atoms with E-state index in [1.165, 1.54) is 6.20 Å². The van der Waals surface area contributed by atoms with Gasteiger partial charge in [-0.05, 0) is 36.4 Å². The molecule has 0 bridgehead atoms. The van der Waals surface area contributed by atoms with Crippen molar-refractivity contribution in [2.75, 3.05) is 12.4 Å². The molecule has 0 aliphatic carbocycles. The quantitative estimate of drug-likeness (QED) is 0.457. The summed E-state index contributed by atoms with van der Waals surface area (Å²) in [6, 6.07) is 11.3. The van der Waals surface area contributed by atoms with Crippen LogP contribution in [-0.4, -0.2) is 32.3 Å². The van der Waals surface area contributed by atoms with E-state index in [4.69, 9.17) is 9.72 Å². The first-order valence-corrected chi connectivity index (χ1v) is 8.28. The van der Waals surface area contributed by atoms with Gasteiger partial charge < -0.3 is 15.0 Å². The van der Waals surface area contributed by atoms with Crippen molar-refractivity contribution in [3.8, 4) is 5.75 Å². The number of nitrogens with zero attached hydrogens (tertiary/aromatic N) is 3. The van der Waals surface area contributed by atoms with Crippen molar-refractivity contribution in [3.63, 3.8) is 0 Å². The Morgan fingerprint density at radius 3 is 2.85 bits per heavy atom. The van der Waals surface area contributed by atoms with E-state index in [0.717, 1.165) is 33.2 Å². The third kappa shape index (κ3) is 2.54. The van der Waals surface area contributed by atoms with Gasteiger partial charge in [-0.25, -0.2) is 9.97 Å². The van der Waals surface area contributed by atoms with Gasteiger partial charge in [-0.15, -0.1) is 0 Å². The minimum atomic E-state index is -0.243. The number of fused-ring (bicyclic) bond motifs is 4. The van der Waals surface area contributed by atoms with Crippen LogP contribution < -0.4 is 15.6 Å². The van der Waals surface area contributed by atoms with Crippen LogP contribution >= 0.6 is 0 Å². The molecule has 8 heteroatoms. The van der Waals surface area contributed by atoms with Crippen molar-refractivity contribution in [2.24, 2.45) is 0 Å². The van der Waals surface area contributed by atoms with E-state index in [1.54, 1.807) is 7.11 Å². The number of pyridine rings is 1. The summed E-state index contributed by atoms with van der Waals surface area (Å²) in [4.78, 5) is 23.1. The molecule has 2 aromatic carbocycles. The van der Waals surface area contributed by atoms with Crippen LogP contribution in [0.3, 0.4) is 0 Å². The minimum Gasteiger partial charge on any atom is -0.497 e. The van der Waals surface area contributed by atoms with Gasteiger partial charge in [0.15, 0.2) is 5.82 Å². The number of ether oxygens (including phenoxy) is 1. The lowest BCUT2D eigenvalue weighted by Gasteiger charge is -2.10. The Kier molecular flexibility index (Phi) is 3.29. The van der Waals surface area contributed by atoms with Crippen LogP contribution in [0, 0.1) is 0 Å². The fourth-order valence-corrected chi connectivity index (χ4v) is 3.15. The van der Waals surface area contributed by atoms with E-state index in [-0.39, 0.29) is 5.56 Å². The van der Waals surface area contributed by atoms with Crippen LogP contribution in [0.5, 0.6) is 5.75 Å². The molecule has 5 aromatic rings. The number of H-pyrrole nitrogens is 2. The number of aromatic amines is 2. The molecule has 8 nitrogen and oxygen atoms in total. The van der Waals surface area contributed by atoms with Crippen LogP contribution in [0.4, 0.5) is 11.5 Å². The summed E-state index contributed by atoms with van der Waals surface area (Å²) in [7, 11) is 1.63. The maximum atomic E-state index is 11.5. The van der Waals surface area contributed by atoms with Crippen LogP contribution in [0.15, 0.2) is 53.6 Å². The van der Waals surface area contributed by atoms with E-state index in [2.05, 4.69) is 25.5 Å². The standard InChI is InChI=1S/C19H14N6O2/c1-27-11-3-5-14-12(7-11)13-8-21-25-18(13)19(24-14)22-10-2-4-15-16(6-10)23-17(26)9-20-15/h2-9H,1H3,(H,21,25)(H,22,24)(H,23,26). The topological polar surface area (TPSA) is 109 Å². The molecule has 0 saturated heterocycles. The molecule has 3 aromatic heterocycles. The molecule has 0 unspecified atom stereocenters. The zero-order valence-corrected chi connectivity index (χ0v) is 14.3. The average molecular weight is 358 g/mol. The van der Waals surface area contributed by atoms with Crippen molar-refractivity contribution in [2.45, 2.75) is 0 Å². The van der Waals surface area contributed by atoms with Crippen molar-refractivity contribution in [3.05, 3.63) is 59.1 Å². The summed E-state index contributed by atoms with van der Waals surface area (Å²) in [6.07, 6.45) is 3.10. The normalized spacial score (nSPS) is 11.3. The minimum absolute atomic E-state index is 0.243. The number of rotatable bonds is 3. The smallest absolute Gasteiger partial charge is 0.266 e. The number of nitrogens with one attached hydrogen (secondary N) is 3. The van der Waals surface area contributed by atoms with Gasteiger partial charge in [0, 0.05) is 22.7 Å². The number of aromatic nitrogens is 5. The highest BCUT2D eigenvalue weighted by atomic mass is 16.5. The maximum Gasteiger partial charge on any atom is 0.266 e. The highest BCUT2D eigenvalue weighted by Gasteiger charge is 2.12. The molecule has 0 fully saturated rings. The summed E-state index contributed by atoms with van der Waals surface area (Å²) in [5, 5.41) is 12.4. The highest BCUT2D eigenvalue weighted by Crippen LogP contribution is 2.31. The van der Waals surface area contributed by atoms with E-state index < -0.39 is 0 Å². The molecule has 3 heterocycles. The Hall–Kier alpha value is -3.94. The fourth-order valence-electron chi connectivity index (χ4n) is 3.15. The molecule has 132 valence electrons. The van der Waals surface area contributed by atoms with E-state index in [1.807, 2.05) is 42.6 Å². The molecule has 3 N–H and O–H groups in total. The summed E-state index contributed by atoms with van der Waals surface area (Å²) in [5.74, 6) is 1.38. The van der Waals surface area contributed by atoms with Crippen molar-refractivity contribution in [1.82, 2.24) is 25.1 Å². The van der Waals surface area contributed by atoms with Gasteiger partial charge >= 0.3 is 0 Å². The molecule has 5 rings (SSSR count). The van der Waals surface area contributed by atoms with Crippen LogP contribution in [0.25, 0.3) is 32.8 Å². The third-order valence-electron chi connectivity index (χ3n) is 4.43. The monoisotopic (exact) mass is 358 g/mol. The summed E-state index contributed by atoms with van der Waals surface area (Å²) in [6.45, 7) is 0. The zero-order chi connectivity index (χ0) is 18.4. The van der Waals surface area contributed by atoms with Gasteiger partial charge in [0.2, 0.25) is 0 Å². The lowest BCUT2D eigenvalue weighted by molar-refractivity contribution is 0.415. The number of hydrogen-bond acceptors (Lipinski definition) is 6. The number of anilines is 2. The molecule has 0 aliphatic rings. The number of methoxy groups -OCH3 is 1. The lowest BCUT2D eigenvalue weighted by Crippen LogP contribution is -2.05. The first kappa shape index (κ1) is 15.3. The molecule has 27 heavy (non-hydrogen) atoms. The average Bonchev–Trinajstić information content (AvgIpc) is 3.18. The van der Waals surface area contributed by atoms with E-state index in [9.17, 15) is 4.79 Å². The predicted molar refractivity (Wildman–Crippen MR) is 104 cm³/mol. The van der Waals surface area contributed by atoms with Crippen molar-refractivity contribution in [1.29, 1.82) is 0 Å². The lowest BCUT2D eigenvalue weighted by atomic mass is 10.1.